The van der Waals surface area contributed by atoms with Gasteiger partial charge in [-0.15, -0.1) is 0 Å². The number of nitrogens with zero attached hydrogens (tertiary/aromatic N) is 2. The van der Waals surface area contributed by atoms with Gasteiger partial charge in [0.15, 0.2) is 0 Å². The van der Waals surface area contributed by atoms with Crippen molar-refractivity contribution in [3.8, 4) is 0 Å². The summed E-state index contributed by atoms with van der Waals surface area (Å²) >= 11 is 0. The van der Waals surface area contributed by atoms with Crippen LogP contribution in [0.25, 0.3) is 0 Å². The first-order valence-corrected chi connectivity index (χ1v) is 11.6. The summed E-state index contributed by atoms with van der Waals surface area (Å²) in [5, 5.41) is 5.20. The Balaban J connectivity index is 1.48. The summed E-state index contributed by atoms with van der Waals surface area (Å²) in [6, 6.07) is 5.03. The Bertz CT molecular complexity index is 857. The molecule has 29 heavy (non-hydrogen) atoms. The molecule has 0 spiro atoms. The van der Waals surface area contributed by atoms with Crippen LogP contribution in [0.2, 0.25) is 0 Å². The Labute approximate surface area is 172 Å². The van der Waals surface area contributed by atoms with Crippen LogP contribution in [0.4, 0.5) is 4.79 Å². The first-order chi connectivity index (χ1) is 13.8. The van der Waals surface area contributed by atoms with E-state index in [1.165, 1.54) is 4.31 Å². The summed E-state index contributed by atoms with van der Waals surface area (Å²) < 4.78 is 27.3. The number of hydrogen-bond donors (Lipinski definition) is 2. The molecule has 2 fully saturated rings. The van der Waals surface area contributed by atoms with E-state index < -0.39 is 16.1 Å². The second kappa shape index (κ2) is 9.23. The van der Waals surface area contributed by atoms with Gasteiger partial charge in [0.25, 0.3) is 0 Å². The lowest BCUT2D eigenvalue weighted by Gasteiger charge is -2.33. The van der Waals surface area contributed by atoms with Gasteiger partial charge >= 0.3 is 6.03 Å². The van der Waals surface area contributed by atoms with E-state index in [-0.39, 0.29) is 18.5 Å². The van der Waals surface area contributed by atoms with Crippen molar-refractivity contribution in [1.82, 2.24) is 19.8 Å². The molecule has 2 aliphatic rings. The van der Waals surface area contributed by atoms with Crippen LogP contribution in [0.3, 0.4) is 0 Å². The monoisotopic (exact) mass is 422 g/mol. The Kier molecular flexibility index (Phi) is 6.92. The van der Waals surface area contributed by atoms with Crippen LogP contribution in [0.5, 0.6) is 0 Å². The Morgan fingerprint density at radius 2 is 1.72 bits per heavy atom. The fourth-order valence-corrected chi connectivity index (χ4v) is 5.64. The quantitative estimate of drug-likeness (QED) is 0.747. The minimum Gasteiger partial charge on any atom is -0.335 e. The molecule has 0 bridgehead atoms. The van der Waals surface area contributed by atoms with Crippen molar-refractivity contribution in [2.24, 2.45) is 0 Å². The van der Waals surface area contributed by atoms with Crippen molar-refractivity contribution in [3.63, 3.8) is 0 Å². The molecule has 0 unspecified atom stereocenters. The standard InChI is InChI=1S/C20H30N4O4S/c1-15-7-8-18(16(2)13-15)29(27,28)24-11-9-23(10-12-24)14-19(25)22-20(26)21-17-5-3-4-6-17/h7-8,13,17H,3-6,9-12,14H2,1-2H3,(H2,21,22,25,26). The Morgan fingerprint density at radius 3 is 2.34 bits per heavy atom. The zero-order valence-electron chi connectivity index (χ0n) is 17.1. The predicted molar refractivity (Wildman–Crippen MR) is 110 cm³/mol. The second-order valence-electron chi connectivity index (χ2n) is 7.95. The highest BCUT2D eigenvalue weighted by Gasteiger charge is 2.30. The molecule has 160 valence electrons. The van der Waals surface area contributed by atoms with Gasteiger partial charge in [0.05, 0.1) is 11.4 Å². The van der Waals surface area contributed by atoms with E-state index >= 15 is 0 Å². The minimum atomic E-state index is -3.55. The predicted octanol–water partition coefficient (Wildman–Crippen LogP) is 1.38. The van der Waals surface area contributed by atoms with Crippen molar-refractivity contribution in [3.05, 3.63) is 29.3 Å². The van der Waals surface area contributed by atoms with E-state index in [1.807, 2.05) is 17.9 Å². The van der Waals surface area contributed by atoms with Crippen molar-refractivity contribution >= 4 is 22.0 Å². The van der Waals surface area contributed by atoms with Crippen LogP contribution < -0.4 is 10.6 Å². The second-order valence-corrected chi connectivity index (χ2v) is 9.86. The lowest BCUT2D eigenvalue weighted by atomic mass is 10.2. The molecule has 0 aromatic heterocycles. The molecule has 1 aliphatic heterocycles. The molecule has 3 rings (SSSR count). The van der Waals surface area contributed by atoms with Gasteiger partial charge in [-0.3, -0.25) is 15.0 Å². The first kappa shape index (κ1) is 21.7. The molecule has 1 aromatic rings. The maximum atomic E-state index is 12.9. The highest BCUT2D eigenvalue weighted by molar-refractivity contribution is 7.89. The van der Waals surface area contributed by atoms with E-state index in [0.717, 1.165) is 36.8 Å². The zero-order chi connectivity index (χ0) is 21.0. The number of carbonyl (C=O) groups excluding carboxylic acids is 2. The number of benzene rings is 1. The van der Waals surface area contributed by atoms with Gasteiger partial charge in [0, 0.05) is 32.2 Å². The van der Waals surface area contributed by atoms with Crippen molar-refractivity contribution in [2.75, 3.05) is 32.7 Å². The topological polar surface area (TPSA) is 98.8 Å². The molecule has 1 aromatic carbocycles. The summed E-state index contributed by atoms with van der Waals surface area (Å²) in [6.45, 7) is 5.34. The molecule has 2 N–H and O–H groups in total. The lowest BCUT2D eigenvalue weighted by molar-refractivity contribution is -0.121. The molecular weight excluding hydrogens is 392 g/mol. The molecule has 8 nitrogen and oxygen atoms in total. The number of aryl methyl sites for hydroxylation is 2. The van der Waals surface area contributed by atoms with Crippen LogP contribution in [0.15, 0.2) is 23.1 Å². The molecule has 0 radical (unpaired) electrons. The van der Waals surface area contributed by atoms with Crippen molar-refractivity contribution in [2.45, 2.75) is 50.5 Å². The van der Waals surface area contributed by atoms with Crippen LogP contribution in [-0.2, 0) is 14.8 Å². The molecule has 1 saturated heterocycles. The molecule has 9 heteroatoms. The molecular formula is C20H30N4O4S. The highest BCUT2D eigenvalue weighted by Crippen LogP contribution is 2.22. The third-order valence-corrected chi connectivity index (χ3v) is 7.65. The summed E-state index contributed by atoms with van der Waals surface area (Å²) in [5.41, 5.74) is 1.76. The summed E-state index contributed by atoms with van der Waals surface area (Å²) in [4.78, 5) is 26.2. The average molecular weight is 423 g/mol. The summed E-state index contributed by atoms with van der Waals surface area (Å²) in [6.07, 6.45) is 4.12. The van der Waals surface area contributed by atoms with Gasteiger partial charge in [0.2, 0.25) is 15.9 Å². The number of hydrogen-bond acceptors (Lipinski definition) is 5. The third-order valence-electron chi connectivity index (χ3n) is 5.59. The average Bonchev–Trinajstić information content (AvgIpc) is 3.14. The number of imide groups is 1. The Morgan fingerprint density at radius 1 is 1.07 bits per heavy atom. The maximum Gasteiger partial charge on any atom is 0.321 e. The number of amides is 3. The van der Waals surface area contributed by atoms with Crippen LogP contribution in [0.1, 0.15) is 36.8 Å². The smallest absolute Gasteiger partial charge is 0.321 e. The summed E-state index contributed by atoms with van der Waals surface area (Å²) in [7, 11) is -3.55. The van der Waals surface area contributed by atoms with Crippen LogP contribution >= 0.6 is 0 Å². The number of rotatable bonds is 5. The number of nitrogens with one attached hydrogen (secondary N) is 2. The van der Waals surface area contributed by atoms with Gasteiger partial charge < -0.3 is 5.32 Å². The number of piperazine rings is 1. The van der Waals surface area contributed by atoms with E-state index in [4.69, 9.17) is 0 Å². The van der Waals surface area contributed by atoms with Crippen molar-refractivity contribution in [1.29, 1.82) is 0 Å². The summed E-state index contributed by atoms with van der Waals surface area (Å²) in [5.74, 6) is -0.369. The van der Waals surface area contributed by atoms with E-state index in [2.05, 4.69) is 10.6 Å². The fourth-order valence-electron chi connectivity index (χ4n) is 4.02. The number of sulfonamides is 1. The molecule has 1 aliphatic carbocycles. The molecule has 1 heterocycles. The maximum absolute atomic E-state index is 12.9. The third kappa shape index (κ3) is 5.55. The van der Waals surface area contributed by atoms with Gasteiger partial charge in [0.1, 0.15) is 0 Å². The van der Waals surface area contributed by atoms with Crippen LogP contribution in [0, 0.1) is 13.8 Å². The van der Waals surface area contributed by atoms with Gasteiger partial charge in [-0.2, -0.15) is 4.31 Å². The fraction of sp³-hybridized carbons (Fsp3) is 0.600. The number of urea groups is 1. The number of carbonyl (C=O) groups is 2. The molecule has 1 saturated carbocycles. The van der Waals surface area contributed by atoms with E-state index in [9.17, 15) is 18.0 Å². The van der Waals surface area contributed by atoms with E-state index in [0.29, 0.717) is 31.1 Å². The highest BCUT2D eigenvalue weighted by atomic mass is 32.2. The molecule has 3 amide bonds. The SMILES string of the molecule is Cc1ccc(S(=O)(=O)N2CCN(CC(=O)NC(=O)NC3CCCC3)CC2)c(C)c1. The zero-order valence-corrected chi connectivity index (χ0v) is 17.9. The van der Waals surface area contributed by atoms with Crippen molar-refractivity contribution < 1.29 is 18.0 Å². The normalized spacial score (nSPS) is 19.2. The minimum absolute atomic E-state index is 0.0789. The van der Waals surface area contributed by atoms with Gasteiger partial charge in [-0.05, 0) is 38.3 Å². The first-order valence-electron chi connectivity index (χ1n) is 10.2. The van der Waals surface area contributed by atoms with E-state index in [1.54, 1.807) is 19.1 Å². The van der Waals surface area contributed by atoms with Gasteiger partial charge in [-0.1, -0.05) is 30.5 Å². The Hall–Kier alpha value is -1.97. The van der Waals surface area contributed by atoms with Crippen LogP contribution in [-0.4, -0.2) is 68.3 Å². The lowest BCUT2D eigenvalue weighted by Crippen LogP contribution is -2.52. The largest absolute Gasteiger partial charge is 0.335 e. The molecule has 0 atom stereocenters. The van der Waals surface area contributed by atoms with Gasteiger partial charge in [-0.25, -0.2) is 13.2 Å².